The highest BCUT2D eigenvalue weighted by Crippen LogP contribution is 2.33. The molecule has 2 aromatic carbocycles. The Balaban J connectivity index is 1.77. The van der Waals surface area contributed by atoms with E-state index in [2.05, 4.69) is 0 Å². The minimum Gasteiger partial charge on any atom is -0.497 e. The molecule has 0 spiro atoms. The number of amides is 1. The molecule has 0 atom stereocenters. The minimum absolute atomic E-state index is 0.125. The van der Waals surface area contributed by atoms with E-state index in [9.17, 15) is 9.59 Å². The van der Waals surface area contributed by atoms with Gasteiger partial charge in [0.25, 0.3) is 5.91 Å². The Morgan fingerprint density at radius 3 is 2.54 bits per heavy atom. The number of benzene rings is 2. The summed E-state index contributed by atoms with van der Waals surface area (Å²) in [4.78, 5) is 26.5. The molecule has 1 amide bonds. The van der Waals surface area contributed by atoms with Crippen molar-refractivity contribution in [2.45, 2.75) is 19.9 Å². The fraction of sp³-hybridized carbons (Fsp3) is 0.333. The van der Waals surface area contributed by atoms with Crippen molar-refractivity contribution in [3.8, 4) is 17.2 Å². The number of rotatable bonds is 8. The van der Waals surface area contributed by atoms with E-state index < -0.39 is 0 Å². The van der Waals surface area contributed by atoms with Gasteiger partial charge in [-0.15, -0.1) is 0 Å². The molecular weight excluding hydrogens is 362 g/mol. The van der Waals surface area contributed by atoms with Crippen molar-refractivity contribution in [3.05, 3.63) is 53.6 Å². The molecule has 0 N–H and O–H groups in total. The van der Waals surface area contributed by atoms with Gasteiger partial charge in [-0.1, -0.05) is 12.1 Å². The summed E-state index contributed by atoms with van der Waals surface area (Å²) in [7, 11) is 1.60. The predicted molar refractivity (Wildman–Crippen MR) is 102 cm³/mol. The average Bonchev–Trinajstić information content (AvgIpc) is 3.19. The molecule has 0 radical (unpaired) electrons. The summed E-state index contributed by atoms with van der Waals surface area (Å²) >= 11 is 0. The Labute approximate surface area is 163 Å². The van der Waals surface area contributed by atoms with Crippen molar-refractivity contribution in [2.24, 2.45) is 0 Å². The van der Waals surface area contributed by atoms with E-state index in [1.807, 2.05) is 24.3 Å². The molecule has 0 aromatic heterocycles. The lowest BCUT2D eigenvalue weighted by molar-refractivity contribution is -0.143. The lowest BCUT2D eigenvalue weighted by atomic mass is 10.1. The minimum atomic E-state index is -0.333. The van der Waals surface area contributed by atoms with E-state index in [-0.39, 0.29) is 31.6 Å². The lowest BCUT2D eigenvalue weighted by Crippen LogP contribution is -2.33. The van der Waals surface area contributed by atoms with E-state index in [0.717, 1.165) is 11.3 Å². The largest absolute Gasteiger partial charge is 0.497 e. The molecule has 0 unspecified atom stereocenters. The summed E-state index contributed by atoms with van der Waals surface area (Å²) in [5.74, 6) is 1.37. The van der Waals surface area contributed by atoms with Gasteiger partial charge in [-0.05, 0) is 42.8 Å². The first kappa shape index (κ1) is 19.5. The molecule has 0 saturated carbocycles. The van der Waals surface area contributed by atoms with Crippen molar-refractivity contribution in [3.63, 3.8) is 0 Å². The third kappa shape index (κ3) is 4.73. The van der Waals surface area contributed by atoms with Gasteiger partial charge in [0.2, 0.25) is 6.79 Å². The Hall–Kier alpha value is -3.22. The Morgan fingerprint density at radius 1 is 1.07 bits per heavy atom. The zero-order valence-electron chi connectivity index (χ0n) is 16.0. The van der Waals surface area contributed by atoms with Gasteiger partial charge in [0.1, 0.15) is 5.75 Å². The van der Waals surface area contributed by atoms with Crippen molar-refractivity contribution < 1.29 is 28.5 Å². The van der Waals surface area contributed by atoms with Crippen molar-refractivity contribution in [1.29, 1.82) is 0 Å². The van der Waals surface area contributed by atoms with Gasteiger partial charge < -0.3 is 23.8 Å². The molecule has 1 aliphatic heterocycles. The zero-order valence-corrected chi connectivity index (χ0v) is 16.0. The van der Waals surface area contributed by atoms with Gasteiger partial charge in [-0.2, -0.15) is 0 Å². The number of hydrogen-bond donors (Lipinski definition) is 0. The van der Waals surface area contributed by atoms with Crippen LogP contribution in [-0.2, 0) is 16.1 Å². The van der Waals surface area contributed by atoms with Crippen LogP contribution in [0.15, 0.2) is 42.5 Å². The number of methoxy groups -OCH3 is 1. The maximum absolute atomic E-state index is 13.1. The number of esters is 1. The maximum atomic E-state index is 13.1. The van der Waals surface area contributed by atoms with Crippen LogP contribution in [0.25, 0.3) is 0 Å². The standard InChI is InChI=1S/C21H23NO6/c1-3-26-20(23)10-11-22(13-15-4-7-17(25-2)8-5-15)21(24)16-6-9-18-19(12-16)28-14-27-18/h4-9,12H,3,10-11,13-14H2,1-2H3. The highest BCUT2D eigenvalue weighted by molar-refractivity contribution is 5.95. The van der Waals surface area contributed by atoms with Crippen molar-refractivity contribution >= 4 is 11.9 Å². The third-order valence-electron chi connectivity index (χ3n) is 4.33. The smallest absolute Gasteiger partial charge is 0.307 e. The quantitative estimate of drug-likeness (QED) is 0.651. The molecule has 1 heterocycles. The van der Waals surface area contributed by atoms with E-state index in [0.29, 0.717) is 30.2 Å². The number of ether oxygens (including phenoxy) is 4. The molecule has 7 nitrogen and oxygen atoms in total. The molecular formula is C21H23NO6. The van der Waals surface area contributed by atoms with Crippen LogP contribution in [-0.4, -0.2) is 43.8 Å². The van der Waals surface area contributed by atoms with Crippen LogP contribution >= 0.6 is 0 Å². The van der Waals surface area contributed by atoms with E-state index >= 15 is 0 Å². The molecule has 28 heavy (non-hydrogen) atoms. The summed E-state index contributed by atoms with van der Waals surface area (Å²) < 4.78 is 20.8. The van der Waals surface area contributed by atoms with Gasteiger partial charge in [0.15, 0.2) is 11.5 Å². The molecule has 0 aliphatic carbocycles. The second-order valence-electron chi connectivity index (χ2n) is 6.20. The zero-order chi connectivity index (χ0) is 19.9. The number of hydrogen-bond acceptors (Lipinski definition) is 6. The SMILES string of the molecule is CCOC(=O)CCN(Cc1ccc(OC)cc1)C(=O)c1ccc2c(c1)OCO2. The van der Waals surface area contributed by atoms with Gasteiger partial charge in [-0.3, -0.25) is 9.59 Å². The first-order chi connectivity index (χ1) is 13.6. The molecule has 0 bridgehead atoms. The summed E-state index contributed by atoms with van der Waals surface area (Å²) in [5, 5.41) is 0. The second-order valence-corrected chi connectivity index (χ2v) is 6.20. The molecule has 0 fully saturated rings. The Bertz CT molecular complexity index is 833. The maximum Gasteiger partial charge on any atom is 0.307 e. The van der Waals surface area contributed by atoms with Crippen LogP contribution in [0.3, 0.4) is 0 Å². The van der Waals surface area contributed by atoms with Crippen molar-refractivity contribution in [2.75, 3.05) is 27.1 Å². The van der Waals surface area contributed by atoms with Crippen LogP contribution < -0.4 is 14.2 Å². The molecule has 3 rings (SSSR count). The average molecular weight is 385 g/mol. The molecule has 148 valence electrons. The van der Waals surface area contributed by atoms with Crippen LogP contribution in [0.1, 0.15) is 29.3 Å². The fourth-order valence-corrected chi connectivity index (χ4v) is 2.88. The van der Waals surface area contributed by atoms with E-state index in [1.54, 1.807) is 37.1 Å². The molecule has 7 heteroatoms. The first-order valence-corrected chi connectivity index (χ1v) is 9.08. The topological polar surface area (TPSA) is 74.3 Å². The molecule has 2 aromatic rings. The number of carbonyl (C=O) groups is 2. The Kier molecular flexibility index (Phi) is 6.37. The monoisotopic (exact) mass is 385 g/mol. The van der Waals surface area contributed by atoms with E-state index in [4.69, 9.17) is 18.9 Å². The fourth-order valence-electron chi connectivity index (χ4n) is 2.88. The van der Waals surface area contributed by atoms with Crippen LogP contribution in [0.5, 0.6) is 17.2 Å². The molecule has 0 saturated heterocycles. The van der Waals surface area contributed by atoms with Crippen LogP contribution in [0.4, 0.5) is 0 Å². The normalized spacial score (nSPS) is 11.8. The van der Waals surface area contributed by atoms with Gasteiger partial charge in [-0.25, -0.2) is 0 Å². The molecule has 1 aliphatic rings. The number of carbonyl (C=O) groups excluding carboxylic acids is 2. The highest BCUT2D eigenvalue weighted by Gasteiger charge is 2.21. The van der Waals surface area contributed by atoms with Gasteiger partial charge in [0, 0.05) is 18.7 Å². The third-order valence-corrected chi connectivity index (χ3v) is 4.33. The predicted octanol–water partition coefficient (Wildman–Crippen LogP) is 3.02. The van der Waals surface area contributed by atoms with Crippen LogP contribution in [0, 0.1) is 0 Å². The van der Waals surface area contributed by atoms with Gasteiger partial charge in [0.05, 0.1) is 20.1 Å². The second kappa shape index (κ2) is 9.12. The van der Waals surface area contributed by atoms with Gasteiger partial charge >= 0.3 is 5.97 Å². The summed E-state index contributed by atoms with van der Waals surface area (Å²) in [6, 6.07) is 12.5. The van der Waals surface area contributed by atoms with Crippen molar-refractivity contribution in [1.82, 2.24) is 4.90 Å². The highest BCUT2D eigenvalue weighted by atomic mass is 16.7. The number of fused-ring (bicyclic) bond motifs is 1. The summed E-state index contributed by atoms with van der Waals surface area (Å²) in [5.41, 5.74) is 1.40. The number of nitrogens with zero attached hydrogens (tertiary/aromatic N) is 1. The van der Waals surface area contributed by atoms with E-state index in [1.165, 1.54) is 0 Å². The summed E-state index contributed by atoms with van der Waals surface area (Å²) in [6.45, 7) is 2.82. The first-order valence-electron chi connectivity index (χ1n) is 9.08. The summed E-state index contributed by atoms with van der Waals surface area (Å²) in [6.07, 6.45) is 0.125. The lowest BCUT2D eigenvalue weighted by Gasteiger charge is -2.23. The van der Waals surface area contributed by atoms with Crippen LogP contribution in [0.2, 0.25) is 0 Å². The Morgan fingerprint density at radius 2 is 1.82 bits per heavy atom.